The van der Waals surface area contributed by atoms with E-state index >= 15 is 0 Å². The normalized spacial score (nSPS) is 9.27. The molecule has 2 N–H and O–H groups in total. The Hall–Kier alpha value is 1.58. The van der Waals surface area contributed by atoms with Crippen molar-refractivity contribution >= 4 is 22.6 Å². The van der Waals surface area contributed by atoms with Crippen LogP contribution in [0.1, 0.15) is 13.8 Å². The zero-order chi connectivity index (χ0) is 7.28. The Morgan fingerprint density at radius 2 is 2.09 bits per heavy atom. The Bertz CT molecular complexity index is 73.5. The fraction of sp³-hybridized carbons (Fsp3) is 0.800. The van der Waals surface area contributed by atoms with Crippen molar-refractivity contribution in [3.05, 3.63) is 18.7 Å². The van der Waals surface area contributed by atoms with E-state index in [1.165, 1.54) is 5.12 Å². The summed E-state index contributed by atoms with van der Waals surface area (Å²) in [7, 11) is 0. The molecule has 0 spiro atoms. The largest absolute Gasteiger partial charge is 0.596 e. The molecular weight excluding hydrogens is 480 g/mol. The molecule has 0 fully saturated rings. The minimum absolute atomic E-state index is 0. The Kier molecular flexibility index (Phi) is 19.4. The van der Waals surface area contributed by atoms with Gasteiger partial charge in [-0.2, -0.15) is 0 Å². The van der Waals surface area contributed by atoms with Crippen LogP contribution in [-0.2, 0) is 0 Å². The molecule has 0 aliphatic rings. The molecule has 0 aliphatic heterocycles. The van der Waals surface area contributed by atoms with E-state index in [4.69, 9.17) is 5.84 Å². The molecule has 4 nitrogen and oxygen atoms in total. The maximum Gasteiger partial charge on any atom is 0 e. The van der Waals surface area contributed by atoms with Gasteiger partial charge in [-0.15, -0.1) is 22.6 Å². The summed E-state index contributed by atoms with van der Waals surface area (Å²) in [5.41, 5.74) is 6.32. The number of nitrogens with one attached hydrogen (secondary N) is 2. The molecule has 11 heavy (non-hydrogen) atoms. The van der Waals surface area contributed by atoms with Crippen LogP contribution in [0.5, 0.6) is 0 Å². The molecule has 0 amide bonds. The van der Waals surface area contributed by atoms with Gasteiger partial charge >= 0.3 is 0 Å². The fourth-order valence-corrected chi connectivity index (χ4v) is 0.371. The summed E-state index contributed by atoms with van der Waals surface area (Å²) in [6.07, 6.45) is 0. The number of hydrogen-bond donors (Lipinski definition) is 1. The predicted molar refractivity (Wildman–Crippen MR) is 53.1 cm³/mol. The van der Waals surface area contributed by atoms with Crippen LogP contribution >= 0.6 is 22.6 Å². The first-order valence-electron chi connectivity index (χ1n) is 2.67. The van der Waals surface area contributed by atoms with Crippen molar-refractivity contribution in [2.24, 2.45) is 0 Å². The van der Waals surface area contributed by atoms with Crippen molar-refractivity contribution in [3.63, 3.8) is 0 Å². The van der Waals surface area contributed by atoms with E-state index in [-0.39, 0.29) is 43.4 Å². The van der Waals surface area contributed by atoms with E-state index in [0.717, 1.165) is 0 Å². The Labute approximate surface area is 105 Å². The van der Waals surface area contributed by atoms with Crippen LogP contribution in [0, 0.1) is 37.4 Å². The van der Waals surface area contributed by atoms with Crippen LogP contribution in [0.3, 0.4) is 0 Å². The van der Waals surface area contributed by atoms with Crippen molar-refractivity contribution in [2.45, 2.75) is 19.9 Å². The third kappa shape index (κ3) is 11.6. The average Bonchev–Trinajstić information content (AvgIpc) is 1.82. The molecule has 0 aromatic heterocycles. The first-order chi connectivity index (χ1) is 4.18. The molecule has 0 heterocycles. The SMILES string of the molecule is CC(C)N([NH-])N[N-]CI.[CH3-].[Np]. The van der Waals surface area contributed by atoms with Crippen molar-refractivity contribution in [1.29, 1.82) is 0 Å². The first kappa shape index (κ1) is 18.4. The van der Waals surface area contributed by atoms with Gasteiger partial charge in [0.05, 0.1) is 0 Å². The van der Waals surface area contributed by atoms with Crippen LogP contribution in [0.15, 0.2) is 0 Å². The van der Waals surface area contributed by atoms with Crippen LogP contribution in [0.4, 0.5) is 0 Å². The van der Waals surface area contributed by atoms with Gasteiger partial charge < -0.3 is 29.3 Å². The molecule has 0 aliphatic carbocycles. The fourth-order valence-electron chi connectivity index (χ4n) is 0.218. The molecule has 69 valence electrons. The number of halogens is 1. The summed E-state index contributed by atoms with van der Waals surface area (Å²) in [5, 5.41) is 1.21. The Morgan fingerprint density at radius 1 is 1.64 bits per heavy atom. The summed E-state index contributed by atoms with van der Waals surface area (Å²) in [6.45, 7) is 3.84. The van der Waals surface area contributed by atoms with Gasteiger partial charge in [-0.05, 0) is 6.04 Å². The minimum Gasteiger partial charge on any atom is -0.596 e. The second-order valence-corrected chi connectivity index (χ2v) is 2.52. The number of hydrazine groups is 1. The molecule has 1 radical (unpaired) electrons. The van der Waals surface area contributed by atoms with Gasteiger partial charge in [0.1, 0.15) is 0 Å². The third-order valence-electron chi connectivity index (χ3n) is 0.755. The number of alkyl halides is 1. The topological polar surface area (TPSA) is 53.2 Å². The van der Waals surface area contributed by atoms with Gasteiger partial charge in [0.2, 0.25) is 0 Å². The van der Waals surface area contributed by atoms with E-state index < -0.39 is 0 Å². The van der Waals surface area contributed by atoms with Gasteiger partial charge in [-0.3, -0.25) is 0 Å². The smallest absolute Gasteiger partial charge is 0 e. The van der Waals surface area contributed by atoms with Crippen molar-refractivity contribution in [3.8, 4) is 0 Å². The maximum absolute atomic E-state index is 7.16. The minimum atomic E-state index is 0. The first-order valence-corrected chi connectivity index (χ1v) is 4.19. The van der Waals surface area contributed by atoms with Crippen LogP contribution in [-0.4, -0.2) is 15.7 Å². The van der Waals surface area contributed by atoms with Gasteiger partial charge in [0.25, 0.3) is 0 Å². The number of nitrogens with zero attached hydrogens (tertiary/aromatic N) is 2. The van der Waals surface area contributed by atoms with Crippen molar-refractivity contribution < 1.29 is 29.9 Å². The zero-order valence-corrected chi connectivity index (χ0v) is 12.9. The zero-order valence-electron chi connectivity index (χ0n) is 7.00. The van der Waals surface area contributed by atoms with E-state index in [9.17, 15) is 0 Å². The van der Waals surface area contributed by atoms with Crippen molar-refractivity contribution in [2.75, 3.05) is 4.55 Å². The van der Waals surface area contributed by atoms with E-state index in [0.29, 0.717) is 4.55 Å². The molecule has 0 aromatic rings. The average molecular weight is 494 g/mol. The monoisotopic (exact) mass is 493 g/mol. The van der Waals surface area contributed by atoms with Crippen LogP contribution in [0.25, 0.3) is 11.3 Å². The quantitative estimate of drug-likeness (QED) is 0.215. The molecule has 6 heteroatoms. The van der Waals surface area contributed by atoms with Crippen LogP contribution in [0.2, 0.25) is 0 Å². The van der Waals surface area contributed by atoms with Crippen molar-refractivity contribution in [1.82, 2.24) is 10.7 Å². The van der Waals surface area contributed by atoms with E-state index in [1.54, 1.807) is 0 Å². The molecule has 0 saturated heterocycles. The maximum atomic E-state index is 7.16. The second-order valence-electron chi connectivity index (χ2n) is 1.84. The molecule has 0 bridgehead atoms. The Morgan fingerprint density at radius 3 is 2.36 bits per heavy atom. The Balaban J connectivity index is -0.000000320. The molecule has 0 unspecified atom stereocenters. The predicted octanol–water partition coefficient (Wildman–Crippen LogP) is 2.30. The van der Waals surface area contributed by atoms with E-state index in [1.807, 2.05) is 13.8 Å². The molecule has 0 atom stereocenters. The summed E-state index contributed by atoms with van der Waals surface area (Å²) in [4.78, 5) is 0. The summed E-state index contributed by atoms with van der Waals surface area (Å²) in [5.74, 6) is 7.16. The molecule has 0 aromatic carbocycles. The van der Waals surface area contributed by atoms with Gasteiger partial charge in [0, 0.05) is 29.9 Å². The molecule has 0 rings (SSSR count). The summed E-state index contributed by atoms with van der Waals surface area (Å²) in [6, 6.07) is 0.164. The molecular formula is C5H14IN4Np-3. The summed E-state index contributed by atoms with van der Waals surface area (Å²) >= 11 is 2.11. The van der Waals surface area contributed by atoms with Gasteiger partial charge in [-0.1, -0.05) is 18.4 Å². The van der Waals surface area contributed by atoms with E-state index in [2.05, 4.69) is 33.6 Å². The third-order valence-corrected chi connectivity index (χ3v) is 1.10. The standard InChI is InChI=1S/C4H11IN4.CH3.Np/c1-4(2)9(6)8-7-3-5;;/h4,6,8H,3H2,1-2H3;1H3;/q-2;-1;. The number of rotatable bonds is 4. The van der Waals surface area contributed by atoms with Crippen LogP contribution < -0.4 is 5.53 Å². The number of hydrogen-bond acceptors (Lipinski definition) is 2. The second kappa shape index (κ2) is 11.6. The van der Waals surface area contributed by atoms with Gasteiger partial charge in [0.15, 0.2) is 0 Å². The molecule has 0 saturated carbocycles. The van der Waals surface area contributed by atoms with Gasteiger partial charge in [-0.25, -0.2) is 0 Å². The summed E-state index contributed by atoms with van der Waals surface area (Å²) < 4.78 is 0.667.